The number of rotatable bonds is 1. The first-order chi connectivity index (χ1) is 8.74. The zero-order valence-electron chi connectivity index (χ0n) is 9.71. The molecule has 0 bridgehead atoms. The molecule has 0 fully saturated rings. The number of benzene rings is 1. The van der Waals surface area contributed by atoms with Gasteiger partial charge in [-0.25, -0.2) is 4.98 Å². The lowest BCUT2D eigenvalue weighted by Crippen LogP contribution is -2.05. The number of aryl methyl sites for hydroxylation is 1. The molecule has 1 N–H and O–H groups in total. The summed E-state index contributed by atoms with van der Waals surface area (Å²) in [5.74, 6) is 0. The average molecular weight is 238 g/mol. The molecule has 5 heteroatoms. The molecule has 0 amide bonds. The highest BCUT2D eigenvalue weighted by Crippen LogP contribution is 2.19. The van der Waals surface area contributed by atoms with Crippen LogP contribution in [0.5, 0.6) is 0 Å². The molecule has 3 rings (SSSR count). The van der Waals surface area contributed by atoms with Crippen molar-refractivity contribution in [3.05, 3.63) is 52.7 Å². The van der Waals surface area contributed by atoms with Gasteiger partial charge in [0, 0.05) is 5.56 Å². The molecule has 0 aliphatic carbocycles. The molecule has 0 saturated heterocycles. The van der Waals surface area contributed by atoms with Crippen molar-refractivity contribution in [1.29, 1.82) is 0 Å². The Hall–Kier alpha value is -2.56. The Kier molecular flexibility index (Phi) is 2.37. The molecule has 18 heavy (non-hydrogen) atoms. The SMILES string of the molecule is Cc1ccc(-c2ccc3c(=O)[nH]cnc3c2)nn1. The third-order valence-corrected chi connectivity index (χ3v) is 2.74. The third kappa shape index (κ3) is 1.75. The van der Waals surface area contributed by atoms with Crippen molar-refractivity contribution >= 4 is 10.9 Å². The first-order valence-corrected chi connectivity index (χ1v) is 5.52. The van der Waals surface area contributed by atoms with Crippen molar-refractivity contribution in [3.8, 4) is 11.3 Å². The number of hydrogen-bond donors (Lipinski definition) is 1. The zero-order chi connectivity index (χ0) is 12.5. The van der Waals surface area contributed by atoms with Crippen LogP contribution in [0.3, 0.4) is 0 Å². The monoisotopic (exact) mass is 238 g/mol. The van der Waals surface area contributed by atoms with Crippen molar-refractivity contribution in [3.63, 3.8) is 0 Å². The maximum absolute atomic E-state index is 11.5. The molecule has 2 heterocycles. The van der Waals surface area contributed by atoms with Crippen molar-refractivity contribution in [1.82, 2.24) is 20.2 Å². The first kappa shape index (κ1) is 10.6. The lowest BCUT2D eigenvalue weighted by molar-refractivity contribution is 0.987. The van der Waals surface area contributed by atoms with Crippen LogP contribution in [0.15, 0.2) is 41.5 Å². The lowest BCUT2D eigenvalue weighted by Gasteiger charge is -2.01. The second-order valence-electron chi connectivity index (χ2n) is 4.02. The van der Waals surface area contributed by atoms with Gasteiger partial charge in [-0.05, 0) is 31.2 Å². The van der Waals surface area contributed by atoms with Crippen LogP contribution in [0.2, 0.25) is 0 Å². The van der Waals surface area contributed by atoms with E-state index in [2.05, 4.69) is 20.2 Å². The molecule has 0 spiro atoms. The summed E-state index contributed by atoms with van der Waals surface area (Å²) in [6, 6.07) is 9.23. The van der Waals surface area contributed by atoms with Gasteiger partial charge in [0.25, 0.3) is 5.56 Å². The van der Waals surface area contributed by atoms with E-state index in [1.165, 1.54) is 6.33 Å². The highest BCUT2D eigenvalue weighted by molar-refractivity contribution is 5.82. The molecule has 0 radical (unpaired) electrons. The molecule has 88 valence electrons. The minimum atomic E-state index is -0.137. The van der Waals surface area contributed by atoms with E-state index >= 15 is 0 Å². The van der Waals surface area contributed by atoms with Crippen LogP contribution in [0.1, 0.15) is 5.69 Å². The van der Waals surface area contributed by atoms with E-state index in [4.69, 9.17) is 0 Å². The summed E-state index contributed by atoms with van der Waals surface area (Å²) >= 11 is 0. The minimum Gasteiger partial charge on any atom is -0.313 e. The molecule has 0 saturated carbocycles. The van der Waals surface area contributed by atoms with Gasteiger partial charge in [0.1, 0.15) is 0 Å². The van der Waals surface area contributed by atoms with Gasteiger partial charge in [0.05, 0.1) is 28.6 Å². The fourth-order valence-electron chi connectivity index (χ4n) is 1.78. The van der Waals surface area contributed by atoms with Crippen molar-refractivity contribution in [2.24, 2.45) is 0 Å². The summed E-state index contributed by atoms with van der Waals surface area (Å²) in [4.78, 5) is 18.2. The van der Waals surface area contributed by atoms with Gasteiger partial charge in [0.15, 0.2) is 0 Å². The topological polar surface area (TPSA) is 71.5 Å². The predicted molar refractivity (Wildman–Crippen MR) is 68.1 cm³/mol. The molecule has 2 aromatic heterocycles. The third-order valence-electron chi connectivity index (χ3n) is 2.74. The number of nitrogens with one attached hydrogen (secondary N) is 1. The van der Waals surface area contributed by atoms with Crippen molar-refractivity contribution in [2.75, 3.05) is 0 Å². The standard InChI is InChI=1S/C13H10N4O/c1-8-2-5-11(17-16-8)9-3-4-10-12(6-9)14-7-15-13(10)18/h2-7H,1H3,(H,14,15,18). The Labute approximate surface area is 103 Å². The van der Waals surface area contributed by atoms with E-state index in [0.717, 1.165) is 17.0 Å². The molecule has 0 atom stereocenters. The average Bonchev–Trinajstić information content (AvgIpc) is 2.39. The fourth-order valence-corrected chi connectivity index (χ4v) is 1.78. The van der Waals surface area contributed by atoms with Crippen LogP contribution < -0.4 is 5.56 Å². The normalized spacial score (nSPS) is 10.7. The number of H-pyrrole nitrogens is 1. The Bertz CT molecular complexity index is 762. The van der Waals surface area contributed by atoms with Gasteiger partial charge in [-0.1, -0.05) is 6.07 Å². The summed E-state index contributed by atoms with van der Waals surface area (Å²) in [6.45, 7) is 1.89. The molecular weight excluding hydrogens is 228 g/mol. The quantitative estimate of drug-likeness (QED) is 0.700. The second kappa shape index (κ2) is 4.03. The van der Waals surface area contributed by atoms with Crippen molar-refractivity contribution in [2.45, 2.75) is 6.92 Å². The predicted octanol–water partition coefficient (Wildman–Crippen LogP) is 1.69. The van der Waals surface area contributed by atoms with E-state index in [9.17, 15) is 4.79 Å². The van der Waals surface area contributed by atoms with Gasteiger partial charge in [-0.2, -0.15) is 10.2 Å². The van der Waals surface area contributed by atoms with Crippen LogP contribution in [-0.4, -0.2) is 20.2 Å². The van der Waals surface area contributed by atoms with Crippen LogP contribution in [0.25, 0.3) is 22.2 Å². The van der Waals surface area contributed by atoms with Gasteiger partial charge >= 0.3 is 0 Å². The number of hydrogen-bond acceptors (Lipinski definition) is 4. The summed E-state index contributed by atoms with van der Waals surface area (Å²) in [5.41, 5.74) is 3.05. The van der Waals surface area contributed by atoms with Gasteiger partial charge in [-0.3, -0.25) is 4.79 Å². The molecular formula is C13H10N4O. The largest absolute Gasteiger partial charge is 0.313 e. The van der Waals surface area contributed by atoms with Crippen LogP contribution in [-0.2, 0) is 0 Å². The number of aromatic amines is 1. The Morgan fingerprint density at radius 3 is 2.78 bits per heavy atom. The van der Waals surface area contributed by atoms with Gasteiger partial charge in [0.2, 0.25) is 0 Å². The van der Waals surface area contributed by atoms with E-state index in [0.29, 0.717) is 10.9 Å². The lowest BCUT2D eigenvalue weighted by atomic mass is 10.1. The highest BCUT2D eigenvalue weighted by Gasteiger charge is 2.04. The Morgan fingerprint density at radius 2 is 2.00 bits per heavy atom. The Balaban J connectivity index is 2.19. The van der Waals surface area contributed by atoms with Crippen LogP contribution >= 0.6 is 0 Å². The molecule has 5 nitrogen and oxygen atoms in total. The number of fused-ring (bicyclic) bond motifs is 1. The zero-order valence-corrected chi connectivity index (χ0v) is 9.71. The van der Waals surface area contributed by atoms with E-state index in [-0.39, 0.29) is 5.56 Å². The van der Waals surface area contributed by atoms with Crippen molar-refractivity contribution < 1.29 is 0 Å². The molecule has 0 unspecified atom stereocenters. The minimum absolute atomic E-state index is 0.137. The molecule has 3 aromatic rings. The maximum atomic E-state index is 11.5. The van der Waals surface area contributed by atoms with Gasteiger partial charge in [-0.15, -0.1) is 0 Å². The first-order valence-electron chi connectivity index (χ1n) is 5.52. The summed E-state index contributed by atoms with van der Waals surface area (Å²) < 4.78 is 0. The van der Waals surface area contributed by atoms with Crippen LogP contribution in [0, 0.1) is 6.92 Å². The smallest absolute Gasteiger partial charge is 0.258 e. The Morgan fingerprint density at radius 1 is 1.11 bits per heavy atom. The van der Waals surface area contributed by atoms with E-state index in [1.807, 2.05) is 31.2 Å². The maximum Gasteiger partial charge on any atom is 0.258 e. The highest BCUT2D eigenvalue weighted by atomic mass is 16.1. The van der Waals surface area contributed by atoms with Gasteiger partial charge < -0.3 is 4.98 Å². The molecule has 1 aromatic carbocycles. The fraction of sp³-hybridized carbons (Fsp3) is 0.0769. The summed E-state index contributed by atoms with van der Waals surface area (Å²) in [5, 5.41) is 8.70. The molecule has 0 aliphatic heterocycles. The number of aromatic nitrogens is 4. The summed E-state index contributed by atoms with van der Waals surface area (Å²) in [6.07, 6.45) is 1.40. The second-order valence-corrected chi connectivity index (χ2v) is 4.02. The van der Waals surface area contributed by atoms with E-state index in [1.54, 1.807) is 6.07 Å². The van der Waals surface area contributed by atoms with Crippen LogP contribution in [0.4, 0.5) is 0 Å². The van der Waals surface area contributed by atoms with E-state index < -0.39 is 0 Å². The molecule has 0 aliphatic rings. The summed E-state index contributed by atoms with van der Waals surface area (Å²) in [7, 11) is 0. The number of nitrogens with zero attached hydrogens (tertiary/aromatic N) is 3.